The Balaban J connectivity index is 1.74. The number of ether oxygens (including phenoxy) is 1. The predicted octanol–water partition coefficient (Wildman–Crippen LogP) is 4.23. The van der Waals surface area contributed by atoms with E-state index in [2.05, 4.69) is 9.80 Å². The van der Waals surface area contributed by atoms with E-state index in [4.69, 9.17) is 27.9 Å². The van der Waals surface area contributed by atoms with E-state index in [-0.39, 0.29) is 24.4 Å². The molecule has 1 aromatic carbocycles. The van der Waals surface area contributed by atoms with Crippen molar-refractivity contribution in [3.05, 3.63) is 36.4 Å². The van der Waals surface area contributed by atoms with E-state index >= 15 is 0 Å². The van der Waals surface area contributed by atoms with Crippen molar-refractivity contribution < 1.29 is 19.1 Å². The predicted molar refractivity (Wildman–Crippen MR) is 131 cm³/mol. The van der Waals surface area contributed by atoms with Crippen LogP contribution in [0.1, 0.15) is 39.5 Å². The van der Waals surface area contributed by atoms with Crippen molar-refractivity contribution in [2.24, 2.45) is 5.41 Å². The van der Waals surface area contributed by atoms with Gasteiger partial charge in [0.2, 0.25) is 0 Å². The normalized spacial score (nSPS) is 21.5. The lowest BCUT2D eigenvalue weighted by Crippen LogP contribution is -2.64. The molecule has 2 aliphatic rings. The number of nitrogens with zero attached hydrogens (tertiary/aromatic N) is 2. The van der Waals surface area contributed by atoms with Crippen molar-refractivity contribution in [1.29, 1.82) is 0 Å². The molecule has 0 radical (unpaired) electrons. The number of alkyl halides is 2. The summed E-state index contributed by atoms with van der Waals surface area (Å²) in [6.45, 7) is 6.59. The average molecular weight is 495 g/mol. The molecule has 1 aliphatic carbocycles. The molecule has 1 aromatic rings. The summed E-state index contributed by atoms with van der Waals surface area (Å²) in [6.07, 6.45) is 4.79. The van der Waals surface area contributed by atoms with Crippen LogP contribution in [0.25, 0.3) is 0 Å². The Kier molecular flexibility index (Phi) is 8.59. The number of ketones is 2. The summed E-state index contributed by atoms with van der Waals surface area (Å²) < 4.78 is 5.62. The van der Waals surface area contributed by atoms with Crippen LogP contribution in [0.4, 0.5) is 5.69 Å². The number of rotatable bonds is 10. The van der Waals surface area contributed by atoms with Crippen LogP contribution < -0.4 is 9.64 Å². The number of esters is 1. The number of hydrogen-bond donors (Lipinski definition) is 0. The van der Waals surface area contributed by atoms with Gasteiger partial charge in [-0.05, 0) is 62.3 Å². The maximum atomic E-state index is 13.2. The maximum absolute atomic E-state index is 13.2. The van der Waals surface area contributed by atoms with Gasteiger partial charge < -0.3 is 9.64 Å². The SMILES string of the molecule is CC(C)(CC(=O)Oc1ccc(N(CCCl)CCCl)cc1)C1(N2CCCC2)CC(=O)C=CC1=O. The van der Waals surface area contributed by atoms with Crippen molar-refractivity contribution in [1.82, 2.24) is 4.90 Å². The second-order valence-corrected chi connectivity index (χ2v) is 10.0. The smallest absolute Gasteiger partial charge is 0.311 e. The van der Waals surface area contributed by atoms with E-state index < -0.39 is 16.9 Å². The molecule has 1 atom stereocenters. The van der Waals surface area contributed by atoms with Crippen LogP contribution in [-0.4, -0.2) is 65.9 Å². The van der Waals surface area contributed by atoms with E-state index in [0.717, 1.165) is 31.6 Å². The highest BCUT2D eigenvalue weighted by Gasteiger charge is 2.57. The van der Waals surface area contributed by atoms with Crippen molar-refractivity contribution in [3.8, 4) is 5.75 Å². The number of benzene rings is 1. The van der Waals surface area contributed by atoms with E-state index in [0.29, 0.717) is 30.6 Å². The molecule has 180 valence electrons. The minimum atomic E-state index is -1.03. The molecule has 33 heavy (non-hydrogen) atoms. The summed E-state index contributed by atoms with van der Waals surface area (Å²) in [4.78, 5) is 42.7. The van der Waals surface area contributed by atoms with Gasteiger partial charge in [-0.1, -0.05) is 13.8 Å². The molecule has 0 bridgehead atoms. The lowest BCUT2D eigenvalue weighted by atomic mass is 9.62. The standard InChI is InChI=1S/C25H32Cl2N2O4/c1-24(2,25(29-13-3-4-14-29)17-20(30)7-10-22(25)31)18-23(32)33-21-8-5-19(6-9-21)28(15-11-26)16-12-27/h5-10H,3-4,11-18H2,1-2H3. The van der Waals surface area contributed by atoms with Crippen LogP contribution in [0.5, 0.6) is 5.75 Å². The first-order valence-electron chi connectivity index (χ1n) is 11.4. The zero-order valence-electron chi connectivity index (χ0n) is 19.3. The molecule has 1 unspecified atom stereocenters. The summed E-state index contributed by atoms with van der Waals surface area (Å²) in [6, 6.07) is 7.22. The molecule has 0 spiro atoms. The number of allylic oxidation sites excluding steroid dienone is 1. The van der Waals surface area contributed by atoms with Crippen molar-refractivity contribution in [2.75, 3.05) is 42.8 Å². The molecule has 0 aromatic heterocycles. The van der Waals surface area contributed by atoms with Crippen LogP contribution in [0, 0.1) is 5.41 Å². The first kappa shape index (κ1) is 25.7. The molecule has 0 saturated carbocycles. The van der Waals surface area contributed by atoms with Gasteiger partial charge in [-0.25, -0.2) is 0 Å². The second-order valence-electron chi connectivity index (χ2n) is 9.29. The number of anilines is 1. The zero-order valence-corrected chi connectivity index (χ0v) is 20.8. The molecule has 1 saturated heterocycles. The quantitative estimate of drug-likeness (QED) is 0.275. The molecule has 1 fully saturated rings. The van der Waals surface area contributed by atoms with Crippen molar-refractivity contribution in [2.45, 2.75) is 45.1 Å². The van der Waals surface area contributed by atoms with E-state index in [1.807, 2.05) is 26.0 Å². The zero-order chi connectivity index (χ0) is 24.1. The van der Waals surface area contributed by atoms with Gasteiger partial charge in [0, 0.05) is 42.4 Å². The summed E-state index contributed by atoms with van der Waals surface area (Å²) in [5, 5.41) is 0. The number of carbonyl (C=O) groups is 3. The fourth-order valence-corrected chi connectivity index (χ4v) is 5.45. The molecular weight excluding hydrogens is 463 g/mol. The summed E-state index contributed by atoms with van der Waals surface area (Å²) in [5.74, 6) is 0.772. The lowest BCUT2D eigenvalue weighted by Gasteiger charge is -2.51. The van der Waals surface area contributed by atoms with Crippen molar-refractivity contribution >= 4 is 46.4 Å². The Morgan fingerprint density at radius 1 is 1.06 bits per heavy atom. The third-order valence-corrected chi connectivity index (χ3v) is 7.09. The Hall–Kier alpha value is -1.89. The van der Waals surface area contributed by atoms with Crippen LogP contribution >= 0.6 is 23.2 Å². The topological polar surface area (TPSA) is 66.9 Å². The monoisotopic (exact) mass is 494 g/mol. The fraction of sp³-hybridized carbons (Fsp3) is 0.560. The van der Waals surface area contributed by atoms with Gasteiger partial charge >= 0.3 is 5.97 Å². The Morgan fingerprint density at radius 3 is 2.24 bits per heavy atom. The Morgan fingerprint density at radius 2 is 1.67 bits per heavy atom. The molecule has 3 rings (SSSR count). The molecule has 1 heterocycles. The Bertz CT molecular complexity index is 888. The number of halogens is 2. The van der Waals surface area contributed by atoms with Gasteiger partial charge in [0.05, 0.1) is 12.0 Å². The molecule has 0 amide bonds. The fourth-order valence-electron chi connectivity index (χ4n) is 5.05. The highest BCUT2D eigenvalue weighted by atomic mass is 35.5. The first-order chi connectivity index (χ1) is 15.7. The minimum Gasteiger partial charge on any atom is -0.427 e. The van der Waals surface area contributed by atoms with Gasteiger partial charge in [-0.3, -0.25) is 19.3 Å². The number of hydrogen-bond acceptors (Lipinski definition) is 6. The average Bonchev–Trinajstić information content (AvgIpc) is 3.30. The lowest BCUT2D eigenvalue weighted by molar-refractivity contribution is -0.148. The summed E-state index contributed by atoms with van der Waals surface area (Å²) in [7, 11) is 0. The molecular formula is C25H32Cl2N2O4. The van der Waals surface area contributed by atoms with Gasteiger partial charge in [0.1, 0.15) is 5.75 Å². The minimum absolute atomic E-state index is 0.0166. The maximum Gasteiger partial charge on any atom is 0.311 e. The first-order valence-corrected chi connectivity index (χ1v) is 12.5. The van der Waals surface area contributed by atoms with Gasteiger partial charge in [-0.2, -0.15) is 0 Å². The highest BCUT2D eigenvalue weighted by molar-refractivity contribution is 6.18. The van der Waals surface area contributed by atoms with Crippen LogP contribution in [-0.2, 0) is 14.4 Å². The van der Waals surface area contributed by atoms with Gasteiger partial charge in [-0.15, -0.1) is 23.2 Å². The molecule has 8 heteroatoms. The van der Waals surface area contributed by atoms with Gasteiger partial charge in [0.25, 0.3) is 0 Å². The van der Waals surface area contributed by atoms with E-state index in [1.54, 1.807) is 12.1 Å². The van der Waals surface area contributed by atoms with Crippen LogP contribution in [0.15, 0.2) is 36.4 Å². The number of carbonyl (C=O) groups excluding carboxylic acids is 3. The molecule has 1 aliphatic heterocycles. The van der Waals surface area contributed by atoms with Crippen molar-refractivity contribution in [3.63, 3.8) is 0 Å². The largest absolute Gasteiger partial charge is 0.427 e. The third-order valence-electron chi connectivity index (χ3n) is 6.75. The van der Waals surface area contributed by atoms with Gasteiger partial charge in [0.15, 0.2) is 11.6 Å². The highest BCUT2D eigenvalue weighted by Crippen LogP contribution is 2.46. The molecule has 0 N–H and O–H groups in total. The Labute approximate surface area is 205 Å². The summed E-state index contributed by atoms with van der Waals surface area (Å²) >= 11 is 11.8. The van der Waals surface area contributed by atoms with Crippen LogP contribution in [0.3, 0.4) is 0 Å². The second kappa shape index (κ2) is 11.0. The van der Waals surface area contributed by atoms with Crippen LogP contribution in [0.2, 0.25) is 0 Å². The third kappa shape index (κ3) is 5.61. The molecule has 6 nitrogen and oxygen atoms in total. The number of likely N-dealkylation sites (tertiary alicyclic amines) is 1. The van der Waals surface area contributed by atoms with E-state index in [9.17, 15) is 14.4 Å². The summed E-state index contributed by atoms with van der Waals surface area (Å²) in [5.41, 5.74) is -0.868. The van der Waals surface area contributed by atoms with E-state index in [1.165, 1.54) is 12.2 Å².